The Hall–Kier alpha value is -2.57. The Kier molecular flexibility index (Phi) is 11.0. The molecule has 4 rings (SSSR count). The number of aliphatic hydroxyl groups excluding tert-OH is 1. The molecule has 214 valence electrons. The number of rotatable bonds is 6. The van der Waals surface area contributed by atoms with Crippen LogP contribution in [0.5, 0.6) is 0 Å². The Bertz CT molecular complexity index is 1220. The van der Waals surface area contributed by atoms with Crippen LogP contribution < -0.4 is 5.32 Å². The Morgan fingerprint density at radius 3 is 2.28 bits per heavy atom. The minimum absolute atomic E-state index is 0. The number of nitrogens with one attached hydrogen (secondary N) is 1. The van der Waals surface area contributed by atoms with Crippen molar-refractivity contribution in [2.45, 2.75) is 78.6 Å². The van der Waals surface area contributed by atoms with Crippen LogP contribution in [0.4, 0.5) is 0 Å². The zero-order valence-electron chi connectivity index (χ0n) is 23.7. The summed E-state index contributed by atoms with van der Waals surface area (Å²) >= 11 is 0. The van der Waals surface area contributed by atoms with Crippen LogP contribution in [0.15, 0.2) is 24.3 Å². The van der Waals surface area contributed by atoms with Crippen LogP contribution in [0.25, 0.3) is 5.69 Å². The minimum Gasteiger partial charge on any atom is -0.390 e. The number of hydrogen-bond acceptors (Lipinski definition) is 5. The van der Waals surface area contributed by atoms with Crippen LogP contribution in [0.1, 0.15) is 56.1 Å². The fourth-order valence-electron chi connectivity index (χ4n) is 5.49. The van der Waals surface area contributed by atoms with Gasteiger partial charge in [0.2, 0.25) is 11.8 Å². The second-order valence-electron chi connectivity index (χ2n) is 10.7. The van der Waals surface area contributed by atoms with Crippen molar-refractivity contribution in [2.24, 2.45) is 5.92 Å². The van der Waals surface area contributed by atoms with Crippen molar-refractivity contribution in [1.29, 1.82) is 0 Å². The van der Waals surface area contributed by atoms with E-state index in [1.54, 1.807) is 11.8 Å². The second kappa shape index (κ2) is 13.2. The van der Waals surface area contributed by atoms with Crippen LogP contribution >= 0.6 is 24.8 Å². The number of carbonyl (C=O) groups excluding carboxylic acids is 2. The van der Waals surface area contributed by atoms with Crippen molar-refractivity contribution in [1.82, 2.24) is 24.9 Å². The van der Waals surface area contributed by atoms with Gasteiger partial charge in [0, 0.05) is 30.9 Å². The molecule has 0 saturated carbocycles. The predicted octanol–water partition coefficient (Wildman–Crippen LogP) is 3.34. The van der Waals surface area contributed by atoms with Gasteiger partial charge in [-0.25, -0.2) is 4.68 Å². The average molecular weight is 579 g/mol. The normalized spacial score (nSPS) is 19.6. The van der Waals surface area contributed by atoms with Gasteiger partial charge in [-0.1, -0.05) is 37.5 Å². The lowest BCUT2D eigenvalue weighted by atomic mass is 9.80. The Labute approximate surface area is 244 Å². The van der Waals surface area contributed by atoms with E-state index in [0.717, 1.165) is 23.6 Å². The van der Waals surface area contributed by atoms with E-state index in [-0.39, 0.29) is 49.1 Å². The standard InChI is InChI=1S/C29H39N5O3.2ClH/c1-7-8-15-33-27(36)25(26(35)19(2)3)30-28(37)29(33)13-16-32(17-14-29)18-24-21(5)31-34(22(24)6)23-11-9-20(4)10-12-23;;/h9-12,19,25-26,35H,13-18H2,1-6H3,(H,30,37);2*1H/t25-,26-;;/m1../s1. The number of nitrogens with zero attached hydrogens (tertiary/aromatic N) is 4. The summed E-state index contributed by atoms with van der Waals surface area (Å²) in [4.78, 5) is 30.9. The maximum atomic E-state index is 13.5. The zero-order chi connectivity index (χ0) is 26.9. The molecule has 2 amide bonds. The number of aryl methyl sites for hydroxylation is 2. The molecule has 8 nitrogen and oxygen atoms in total. The first-order chi connectivity index (χ1) is 17.6. The zero-order valence-corrected chi connectivity index (χ0v) is 25.3. The molecule has 10 heteroatoms. The maximum absolute atomic E-state index is 13.5. The van der Waals surface area contributed by atoms with Crippen LogP contribution in [0.3, 0.4) is 0 Å². The Morgan fingerprint density at radius 1 is 1.10 bits per heavy atom. The number of piperazine rings is 1. The molecule has 1 aromatic carbocycles. The molecule has 2 aromatic rings. The first-order valence-corrected chi connectivity index (χ1v) is 13.1. The van der Waals surface area contributed by atoms with Gasteiger partial charge in [-0.05, 0) is 58.6 Å². The first kappa shape index (κ1) is 32.6. The van der Waals surface area contributed by atoms with Crippen molar-refractivity contribution in [2.75, 3.05) is 19.6 Å². The summed E-state index contributed by atoms with van der Waals surface area (Å²) in [6.45, 7) is 13.9. The molecule has 0 radical (unpaired) electrons. The third-order valence-corrected chi connectivity index (χ3v) is 7.98. The topological polar surface area (TPSA) is 90.7 Å². The molecule has 2 aliphatic heterocycles. The fraction of sp³-hybridized carbons (Fsp3) is 0.552. The summed E-state index contributed by atoms with van der Waals surface area (Å²) in [6.07, 6.45) is 0.0944. The van der Waals surface area contributed by atoms with E-state index < -0.39 is 17.7 Å². The number of piperidine rings is 1. The van der Waals surface area contributed by atoms with Crippen molar-refractivity contribution in [3.63, 3.8) is 0 Å². The van der Waals surface area contributed by atoms with E-state index in [1.807, 2.05) is 25.5 Å². The average Bonchev–Trinajstić information content (AvgIpc) is 3.15. The number of amides is 2. The molecular weight excluding hydrogens is 537 g/mol. The number of aromatic nitrogens is 2. The van der Waals surface area contributed by atoms with Gasteiger partial charge < -0.3 is 15.3 Å². The molecule has 1 aromatic heterocycles. The van der Waals surface area contributed by atoms with E-state index in [2.05, 4.69) is 60.2 Å². The molecule has 39 heavy (non-hydrogen) atoms. The molecule has 0 unspecified atom stereocenters. The highest BCUT2D eigenvalue weighted by molar-refractivity contribution is 6.00. The number of hydrogen-bond donors (Lipinski definition) is 2. The van der Waals surface area contributed by atoms with Gasteiger partial charge in [0.05, 0.1) is 24.0 Å². The van der Waals surface area contributed by atoms with E-state index in [1.165, 1.54) is 11.1 Å². The molecule has 1 spiro atoms. The van der Waals surface area contributed by atoms with Crippen molar-refractivity contribution in [3.05, 3.63) is 46.8 Å². The lowest BCUT2D eigenvalue weighted by molar-refractivity contribution is -0.164. The van der Waals surface area contributed by atoms with Crippen molar-refractivity contribution < 1.29 is 14.7 Å². The van der Waals surface area contributed by atoms with E-state index in [4.69, 9.17) is 5.10 Å². The van der Waals surface area contributed by atoms with E-state index >= 15 is 0 Å². The molecule has 0 aliphatic carbocycles. The van der Waals surface area contributed by atoms with Gasteiger partial charge in [-0.15, -0.1) is 30.7 Å². The molecule has 2 aliphatic rings. The largest absolute Gasteiger partial charge is 0.390 e. The number of carbonyl (C=O) groups is 2. The fourth-order valence-corrected chi connectivity index (χ4v) is 5.49. The maximum Gasteiger partial charge on any atom is 0.249 e. The molecule has 3 heterocycles. The molecular formula is C29H41Cl2N5O3. The summed E-state index contributed by atoms with van der Waals surface area (Å²) in [5.41, 5.74) is 4.60. The van der Waals surface area contributed by atoms with E-state index in [0.29, 0.717) is 25.9 Å². The summed E-state index contributed by atoms with van der Waals surface area (Å²) in [6, 6.07) is 7.41. The van der Waals surface area contributed by atoms with Crippen molar-refractivity contribution in [3.8, 4) is 17.5 Å². The van der Waals surface area contributed by atoms with Crippen LogP contribution in [0.2, 0.25) is 0 Å². The summed E-state index contributed by atoms with van der Waals surface area (Å²) in [5, 5.41) is 18.3. The van der Waals surface area contributed by atoms with E-state index in [9.17, 15) is 14.7 Å². The number of benzene rings is 1. The summed E-state index contributed by atoms with van der Waals surface area (Å²) in [7, 11) is 0. The summed E-state index contributed by atoms with van der Waals surface area (Å²) < 4.78 is 1.99. The molecule has 2 N–H and O–H groups in total. The monoisotopic (exact) mass is 577 g/mol. The van der Waals surface area contributed by atoms with Gasteiger partial charge >= 0.3 is 0 Å². The summed E-state index contributed by atoms with van der Waals surface area (Å²) in [5.74, 6) is 5.25. The highest BCUT2D eigenvalue weighted by Crippen LogP contribution is 2.34. The number of likely N-dealkylation sites (tertiary alicyclic amines) is 1. The van der Waals surface area contributed by atoms with Gasteiger partial charge in [0.25, 0.3) is 0 Å². The molecule has 2 fully saturated rings. The third kappa shape index (κ3) is 6.28. The van der Waals surface area contributed by atoms with Gasteiger partial charge in [-0.2, -0.15) is 5.10 Å². The molecule has 0 bridgehead atoms. The predicted molar refractivity (Wildman–Crippen MR) is 157 cm³/mol. The smallest absolute Gasteiger partial charge is 0.249 e. The van der Waals surface area contributed by atoms with Crippen LogP contribution in [-0.4, -0.2) is 73.8 Å². The van der Waals surface area contributed by atoms with Gasteiger partial charge in [0.15, 0.2) is 0 Å². The molecule has 2 saturated heterocycles. The Balaban J connectivity index is 0.00000267. The second-order valence-corrected chi connectivity index (χ2v) is 10.7. The van der Waals surface area contributed by atoms with Gasteiger partial charge in [0.1, 0.15) is 11.6 Å². The lowest BCUT2D eigenvalue weighted by Crippen LogP contribution is -2.74. The minimum atomic E-state index is -0.944. The SMILES string of the molecule is CC#CCN1C(=O)[C@@H]([C@H](O)C(C)C)NC(=O)C12CCN(Cc1c(C)nn(-c3ccc(C)cc3)c1C)CC2.Cl.Cl. The van der Waals surface area contributed by atoms with Crippen molar-refractivity contribution >= 4 is 36.6 Å². The number of aliphatic hydroxyl groups is 1. The highest BCUT2D eigenvalue weighted by Gasteiger charge is 2.54. The number of halogens is 2. The van der Waals surface area contributed by atoms with Crippen LogP contribution in [0, 0.1) is 38.5 Å². The van der Waals surface area contributed by atoms with Crippen LogP contribution in [-0.2, 0) is 16.1 Å². The lowest BCUT2D eigenvalue weighted by Gasteiger charge is -2.51. The third-order valence-electron chi connectivity index (χ3n) is 7.98. The quantitative estimate of drug-likeness (QED) is 0.514. The Morgan fingerprint density at radius 2 is 1.72 bits per heavy atom. The highest BCUT2D eigenvalue weighted by atomic mass is 35.5. The molecule has 2 atom stereocenters. The first-order valence-electron chi connectivity index (χ1n) is 13.1. The van der Waals surface area contributed by atoms with Gasteiger partial charge in [-0.3, -0.25) is 14.5 Å².